The molecule has 0 aliphatic rings. The second kappa shape index (κ2) is 3.28. The zero-order valence-electron chi connectivity index (χ0n) is 8.41. The molecule has 0 fully saturated rings. The van der Waals surface area contributed by atoms with Gasteiger partial charge in [-0.05, 0) is 25.1 Å². The first-order valence-corrected chi connectivity index (χ1v) is 4.90. The van der Waals surface area contributed by atoms with Gasteiger partial charge in [0, 0.05) is 17.3 Å². The Morgan fingerprint density at radius 2 is 2.13 bits per heavy atom. The largest absolute Gasteiger partial charge is 0.505 e. The number of benzene rings is 1. The van der Waals surface area contributed by atoms with Gasteiger partial charge in [-0.2, -0.15) is 0 Å². The van der Waals surface area contributed by atoms with Crippen molar-refractivity contribution >= 4 is 28.4 Å². The number of hydrogen-bond acceptors (Lipinski definition) is 2. The van der Waals surface area contributed by atoms with E-state index in [1.165, 1.54) is 11.5 Å². The van der Waals surface area contributed by atoms with Gasteiger partial charge in [-0.3, -0.25) is 9.36 Å². The van der Waals surface area contributed by atoms with Crippen molar-refractivity contribution in [1.82, 2.24) is 4.57 Å². The Morgan fingerprint density at radius 1 is 1.47 bits per heavy atom. The second-order valence-electron chi connectivity index (χ2n) is 3.45. The molecule has 1 aromatic carbocycles. The van der Waals surface area contributed by atoms with Gasteiger partial charge in [0.05, 0.1) is 11.2 Å². The smallest absolute Gasteiger partial charge is 0.228 e. The Hall–Kier alpha value is -1.48. The van der Waals surface area contributed by atoms with E-state index in [-0.39, 0.29) is 11.7 Å². The fourth-order valence-electron chi connectivity index (χ4n) is 1.78. The lowest BCUT2D eigenvalue weighted by Crippen LogP contribution is -2.06. The number of rotatable bonds is 0. The maximum absolute atomic E-state index is 11.4. The van der Waals surface area contributed by atoms with Crippen LogP contribution in [0.25, 0.3) is 10.9 Å². The standard InChI is InChI=1S/C11H10ClNO2/c1-6-11(15)9-4-3-8(12)5-10(9)13(6)7(2)14/h3-5,15H,1-2H3. The van der Waals surface area contributed by atoms with Crippen LogP contribution < -0.4 is 0 Å². The van der Waals surface area contributed by atoms with Crippen molar-refractivity contribution in [2.24, 2.45) is 0 Å². The van der Waals surface area contributed by atoms with Crippen molar-refractivity contribution in [2.75, 3.05) is 0 Å². The summed E-state index contributed by atoms with van der Waals surface area (Å²) >= 11 is 5.85. The summed E-state index contributed by atoms with van der Waals surface area (Å²) in [4.78, 5) is 11.4. The summed E-state index contributed by atoms with van der Waals surface area (Å²) < 4.78 is 1.45. The van der Waals surface area contributed by atoms with E-state index in [0.717, 1.165) is 0 Å². The van der Waals surface area contributed by atoms with Crippen LogP contribution in [0.5, 0.6) is 5.75 Å². The topological polar surface area (TPSA) is 42.2 Å². The molecule has 0 amide bonds. The van der Waals surface area contributed by atoms with Crippen LogP contribution >= 0.6 is 11.6 Å². The van der Waals surface area contributed by atoms with Crippen LogP contribution in [0, 0.1) is 6.92 Å². The molecule has 0 saturated heterocycles. The molecule has 1 aromatic heterocycles. The van der Waals surface area contributed by atoms with E-state index in [1.54, 1.807) is 25.1 Å². The average molecular weight is 224 g/mol. The predicted molar refractivity (Wildman–Crippen MR) is 59.7 cm³/mol. The lowest BCUT2D eigenvalue weighted by Gasteiger charge is -2.01. The van der Waals surface area contributed by atoms with Crippen LogP contribution in [-0.4, -0.2) is 15.6 Å². The van der Waals surface area contributed by atoms with Gasteiger partial charge in [-0.15, -0.1) is 0 Å². The van der Waals surface area contributed by atoms with Crippen LogP contribution in [0.4, 0.5) is 0 Å². The molecule has 2 aromatic rings. The molecule has 0 atom stereocenters. The molecule has 1 heterocycles. The average Bonchev–Trinajstić information content (AvgIpc) is 2.39. The minimum absolute atomic E-state index is 0.136. The molecule has 78 valence electrons. The van der Waals surface area contributed by atoms with Gasteiger partial charge in [-0.1, -0.05) is 11.6 Å². The van der Waals surface area contributed by atoms with Crippen molar-refractivity contribution in [3.05, 3.63) is 28.9 Å². The summed E-state index contributed by atoms with van der Waals surface area (Å²) in [7, 11) is 0. The van der Waals surface area contributed by atoms with Gasteiger partial charge < -0.3 is 5.11 Å². The van der Waals surface area contributed by atoms with E-state index in [0.29, 0.717) is 21.6 Å². The van der Waals surface area contributed by atoms with Crippen molar-refractivity contribution in [1.29, 1.82) is 0 Å². The normalized spacial score (nSPS) is 10.9. The highest BCUT2D eigenvalue weighted by Crippen LogP contribution is 2.32. The molecule has 0 unspecified atom stereocenters. The van der Waals surface area contributed by atoms with Gasteiger partial charge in [-0.25, -0.2) is 0 Å². The molecule has 15 heavy (non-hydrogen) atoms. The van der Waals surface area contributed by atoms with Crippen LogP contribution in [-0.2, 0) is 0 Å². The van der Waals surface area contributed by atoms with E-state index >= 15 is 0 Å². The van der Waals surface area contributed by atoms with Crippen molar-refractivity contribution in [3.63, 3.8) is 0 Å². The zero-order chi connectivity index (χ0) is 11.2. The van der Waals surface area contributed by atoms with Gasteiger partial charge in [0.2, 0.25) is 5.91 Å². The Labute approximate surface area is 91.9 Å². The summed E-state index contributed by atoms with van der Waals surface area (Å²) in [5.41, 5.74) is 1.18. The minimum atomic E-state index is -0.139. The third kappa shape index (κ3) is 1.39. The van der Waals surface area contributed by atoms with Gasteiger partial charge in [0.15, 0.2) is 0 Å². The third-order valence-corrected chi connectivity index (χ3v) is 2.68. The molecule has 0 spiro atoms. The first kappa shape index (κ1) is 10.1. The second-order valence-corrected chi connectivity index (χ2v) is 3.89. The summed E-state index contributed by atoms with van der Waals surface area (Å²) in [5, 5.41) is 11.0. The Bertz CT molecular complexity index is 557. The first-order chi connectivity index (χ1) is 7.02. The van der Waals surface area contributed by atoms with Crippen LogP contribution in [0.2, 0.25) is 5.02 Å². The molecular formula is C11H10ClNO2. The lowest BCUT2D eigenvalue weighted by molar-refractivity contribution is 0.0939. The molecule has 2 rings (SSSR count). The third-order valence-electron chi connectivity index (χ3n) is 2.45. The highest BCUT2D eigenvalue weighted by molar-refractivity contribution is 6.31. The van der Waals surface area contributed by atoms with E-state index in [2.05, 4.69) is 0 Å². The first-order valence-electron chi connectivity index (χ1n) is 4.53. The number of fused-ring (bicyclic) bond motifs is 1. The molecule has 0 aliphatic carbocycles. The molecule has 0 radical (unpaired) electrons. The molecule has 1 N–H and O–H groups in total. The SMILES string of the molecule is CC(=O)n1c(C)c(O)c2ccc(Cl)cc21. The van der Waals surface area contributed by atoms with E-state index in [9.17, 15) is 9.90 Å². The minimum Gasteiger partial charge on any atom is -0.505 e. The molecular weight excluding hydrogens is 214 g/mol. The van der Waals surface area contributed by atoms with Crippen LogP contribution in [0.3, 0.4) is 0 Å². The van der Waals surface area contributed by atoms with Gasteiger partial charge >= 0.3 is 0 Å². The predicted octanol–water partition coefficient (Wildman–Crippen LogP) is 2.97. The molecule has 0 aliphatic heterocycles. The highest BCUT2D eigenvalue weighted by atomic mass is 35.5. The maximum atomic E-state index is 11.4. The Kier molecular flexibility index (Phi) is 2.20. The summed E-state index contributed by atoms with van der Waals surface area (Å²) in [6.45, 7) is 3.15. The summed E-state index contributed by atoms with van der Waals surface area (Å²) in [6.07, 6.45) is 0. The van der Waals surface area contributed by atoms with Crippen LogP contribution in [0.15, 0.2) is 18.2 Å². The Balaban J connectivity index is 2.95. The van der Waals surface area contributed by atoms with E-state index < -0.39 is 0 Å². The molecule has 4 heteroatoms. The molecule has 0 saturated carbocycles. The summed E-state index contributed by atoms with van der Waals surface area (Å²) in [6, 6.07) is 5.07. The zero-order valence-corrected chi connectivity index (χ0v) is 9.17. The monoisotopic (exact) mass is 223 g/mol. The lowest BCUT2D eigenvalue weighted by atomic mass is 10.2. The Morgan fingerprint density at radius 3 is 2.73 bits per heavy atom. The fourth-order valence-corrected chi connectivity index (χ4v) is 1.94. The van der Waals surface area contributed by atoms with E-state index in [1.807, 2.05) is 0 Å². The van der Waals surface area contributed by atoms with Crippen molar-refractivity contribution in [3.8, 4) is 5.75 Å². The van der Waals surface area contributed by atoms with Gasteiger partial charge in [0.1, 0.15) is 5.75 Å². The van der Waals surface area contributed by atoms with Gasteiger partial charge in [0.25, 0.3) is 0 Å². The number of carbonyl (C=O) groups is 1. The maximum Gasteiger partial charge on any atom is 0.228 e. The highest BCUT2D eigenvalue weighted by Gasteiger charge is 2.15. The number of carbonyl (C=O) groups excluding carboxylic acids is 1. The van der Waals surface area contributed by atoms with Crippen molar-refractivity contribution in [2.45, 2.75) is 13.8 Å². The fraction of sp³-hybridized carbons (Fsp3) is 0.182. The summed E-state index contributed by atoms with van der Waals surface area (Å²) in [5.74, 6) is -0.00284. The van der Waals surface area contributed by atoms with Crippen LogP contribution in [0.1, 0.15) is 17.4 Å². The molecule has 0 bridgehead atoms. The van der Waals surface area contributed by atoms with E-state index in [4.69, 9.17) is 11.6 Å². The van der Waals surface area contributed by atoms with Crippen molar-refractivity contribution < 1.29 is 9.90 Å². The molecule has 3 nitrogen and oxygen atoms in total. The number of aromatic hydroxyl groups is 1. The number of halogens is 1. The number of aromatic nitrogens is 1. The quantitative estimate of drug-likeness (QED) is 0.746. The number of nitrogens with zero attached hydrogens (tertiary/aromatic N) is 1. The number of hydrogen-bond donors (Lipinski definition) is 1.